The molecule has 0 aromatic heterocycles. The van der Waals surface area contributed by atoms with Crippen molar-refractivity contribution < 1.29 is 4.79 Å². The van der Waals surface area contributed by atoms with Crippen molar-refractivity contribution in [3.63, 3.8) is 0 Å². The highest BCUT2D eigenvalue weighted by Crippen LogP contribution is 2.23. The first-order valence-electron chi connectivity index (χ1n) is 6.33. The molecule has 0 aliphatic carbocycles. The van der Waals surface area contributed by atoms with Gasteiger partial charge in [-0.15, -0.1) is 0 Å². The summed E-state index contributed by atoms with van der Waals surface area (Å²) in [4.78, 5) is 14.2. The van der Waals surface area contributed by atoms with Crippen LogP contribution >= 0.6 is 0 Å². The van der Waals surface area contributed by atoms with Crippen molar-refractivity contribution in [2.24, 2.45) is 11.8 Å². The van der Waals surface area contributed by atoms with E-state index in [1.165, 1.54) is 12.8 Å². The molecule has 1 aliphatic heterocycles. The molecule has 2 atom stereocenters. The minimum absolute atomic E-state index is 0.235. The van der Waals surface area contributed by atoms with Gasteiger partial charge in [-0.25, -0.2) is 0 Å². The van der Waals surface area contributed by atoms with Crippen molar-refractivity contribution in [3.8, 4) is 0 Å². The molecule has 0 bridgehead atoms. The molecule has 1 aliphatic rings. The first-order valence-corrected chi connectivity index (χ1v) is 6.33. The average Bonchev–Trinajstić information content (AvgIpc) is 2.64. The fraction of sp³-hybridized carbons (Fsp3) is 0.923. The number of ketones is 1. The summed E-state index contributed by atoms with van der Waals surface area (Å²) in [5.41, 5.74) is 0. The summed E-state index contributed by atoms with van der Waals surface area (Å²) < 4.78 is 0. The Kier molecular flexibility index (Phi) is 4.78. The van der Waals surface area contributed by atoms with Gasteiger partial charge in [-0.3, -0.25) is 9.69 Å². The van der Waals surface area contributed by atoms with Crippen LogP contribution < -0.4 is 0 Å². The highest BCUT2D eigenvalue weighted by Gasteiger charge is 2.28. The van der Waals surface area contributed by atoms with Gasteiger partial charge in [0.1, 0.15) is 5.78 Å². The topological polar surface area (TPSA) is 20.3 Å². The van der Waals surface area contributed by atoms with Crippen molar-refractivity contribution >= 4 is 5.78 Å². The lowest BCUT2D eigenvalue weighted by atomic mass is 10.00. The summed E-state index contributed by atoms with van der Waals surface area (Å²) in [7, 11) is 0. The lowest BCUT2D eigenvalue weighted by Crippen LogP contribution is -2.38. The molecule has 0 saturated carbocycles. The van der Waals surface area contributed by atoms with Gasteiger partial charge in [0.2, 0.25) is 0 Å². The predicted octanol–water partition coefficient (Wildman–Crippen LogP) is 2.72. The second-order valence-electron chi connectivity index (χ2n) is 5.20. The molecule has 0 aromatic carbocycles. The lowest BCUT2D eigenvalue weighted by molar-refractivity contribution is -0.124. The minimum atomic E-state index is 0.235. The van der Waals surface area contributed by atoms with Crippen molar-refractivity contribution in [2.75, 3.05) is 13.1 Å². The molecule has 2 unspecified atom stereocenters. The quantitative estimate of drug-likeness (QED) is 0.697. The maximum absolute atomic E-state index is 11.9. The van der Waals surface area contributed by atoms with Crippen molar-refractivity contribution in [3.05, 3.63) is 0 Å². The third-order valence-electron chi connectivity index (χ3n) is 3.70. The van der Waals surface area contributed by atoms with Crippen LogP contribution in [0.15, 0.2) is 0 Å². The smallest absolute Gasteiger partial charge is 0.149 e. The first-order chi connectivity index (χ1) is 7.06. The van der Waals surface area contributed by atoms with Crippen LogP contribution in [0.3, 0.4) is 0 Å². The van der Waals surface area contributed by atoms with Gasteiger partial charge in [-0.1, -0.05) is 27.7 Å². The van der Waals surface area contributed by atoms with E-state index in [0.717, 1.165) is 13.0 Å². The summed E-state index contributed by atoms with van der Waals surface area (Å²) in [6.07, 6.45) is 3.50. The molecule has 1 saturated heterocycles. The standard InChI is InChI=1S/C13H25NO/c1-5-11(4)13(15)9-14-8-6-7-12(14)10(2)3/h10-12H,5-9H2,1-4H3. The maximum Gasteiger partial charge on any atom is 0.149 e. The Morgan fingerprint density at radius 1 is 1.40 bits per heavy atom. The molecule has 0 amide bonds. The Bertz CT molecular complexity index is 213. The Balaban J connectivity index is 2.47. The highest BCUT2D eigenvalue weighted by atomic mass is 16.1. The molecule has 2 nitrogen and oxygen atoms in total. The Morgan fingerprint density at radius 3 is 2.60 bits per heavy atom. The molecule has 0 N–H and O–H groups in total. The SMILES string of the molecule is CCC(C)C(=O)CN1CCCC1C(C)C. The van der Waals surface area contributed by atoms with Crippen LogP contribution in [0.1, 0.15) is 47.0 Å². The fourth-order valence-corrected chi connectivity index (χ4v) is 2.39. The Hall–Kier alpha value is -0.370. The summed E-state index contributed by atoms with van der Waals surface area (Å²) in [6, 6.07) is 0.637. The number of hydrogen-bond donors (Lipinski definition) is 0. The zero-order valence-corrected chi connectivity index (χ0v) is 10.6. The zero-order chi connectivity index (χ0) is 11.4. The second-order valence-corrected chi connectivity index (χ2v) is 5.20. The Labute approximate surface area is 94.0 Å². The van der Waals surface area contributed by atoms with Crippen molar-refractivity contribution in [1.82, 2.24) is 4.90 Å². The van der Waals surface area contributed by atoms with Crippen LogP contribution in [-0.2, 0) is 4.79 Å². The molecule has 88 valence electrons. The molecule has 2 heteroatoms. The minimum Gasteiger partial charge on any atom is -0.298 e. The average molecular weight is 211 g/mol. The molecular formula is C13H25NO. The second kappa shape index (κ2) is 5.64. The lowest BCUT2D eigenvalue weighted by Gasteiger charge is -2.27. The molecule has 1 fully saturated rings. The van der Waals surface area contributed by atoms with Crippen molar-refractivity contribution in [2.45, 2.75) is 53.0 Å². The van der Waals surface area contributed by atoms with E-state index >= 15 is 0 Å². The largest absolute Gasteiger partial charge is 0.298 e. The van der Waals surface area contributed by atoms with E-state index in [1.807, 2.05) is 6.92 Å². The van der Waals surface area contributed by atoms with Crippen LogP contribution in [0, 0.1) is 11.8 Å². The fourth-order valence-electron chi connectivity index (χ4n) is 2.39. The first kappa shape index (κ1) is 12.7. The zero-order valence-electron chi connectivity index (χ0n) is 10.6. The number of nitrogens with zero attached hydrogens (tertiary/aromatic N) is 1. The number of likely N-dealkylation sites (tertiary alicyclic amines) is 1. The predicted molar refractivity (Wildman–Crippen MR) is 63.9 cm³/mol. The van der Waals surface area contributed by atoms with Crippen LogP contribution in [0.4, 0.5) is 0 Å². The maximum atomic E-state index is 11.9. The van der Waals surface area contributed by atoms with Gasteiger partial charge in [0.05, 0.1) is 6.54 Å². The van der Waals surface area contributed by atoms with Gasteiger partial charge < -0.3 is 0 Å². The van der Waals surface area contributed by atoms with Crippen LogP contribution in [0.2, 0.25) is 0 Å². The summed E-state index contributed by atoms with van der Waals surface area (Å²) in [5, 5.41) is 0. The van der Waals surface area contributed by atoms with Crippen LogP contribution in [0.5, 0.6) is 0 Å². The number of carbonyl (C=O) groups is 1. The van der Waals surface area contributed by atoms with Crippen molar-refractivity contribution in [1.29, 1.82) is 0 Å². The number of hydrogen-bond acceptors (Lipinski definition) is 2. The van der Waals surface area contributed by atoms with Gasteiger partial charge in [-0.05, 0) is 31.7 Å². The summed E-state index contributed by atoms with van der Waals surface area (Å²) in [6.45, 7) is 10.4. The summed E-state index contributed by atoms with van der Waals surface area (Å²) >= 11 is 0. The number of rotatable bonds is 5. The highest BCUT2D eigenvalue weighted by molar-refractivity contribution is 5.82. The van der Waals surface area contributed by atoms with Gasteiger partial charge in [-0.2, -0.15) is 0 Å². The molecule has 0 aromatic rings. The number of carbonyl (C=O) groups excluding carboxylic acids is 1. The van der Waals surface area contributed by atoms with Gasteiger partial charge in [0.25, 0.3) is 0 Å². The van der Waals surface area contributed by atoms with Crippen LogP contribution in [-0.4, -0.2) is 29.8 Å². The van der Waals surface area contributed by atoms with Crippen LogP contribution in [0.25, 0.3) is 0 Å². The van der Waals surface area contributed by atoms with E-state index in [4.69, 9.17) is 0 Å². The monoisotopic (exact) mass is 211 g/mol. The molecule has 15 heavy (non-hydrogen) atoms. The molecular weight excluding hydrogens is 186 g/mol. The van der Waals surface area contributed by atoms with E-state index in [2.05, 4.69) is 25.7 Å². The van der Waals surface area contributed by atoms with E-state index in [-0.39, 0.29) is 5.92 Å². The van der Waals surface area contributed by atoms with Gasteiger partial charge in [0.15, 0.2) is 0 Å². The Morgan fingerprint density at radius 2 is 2.07 bits per heavy atom. The molecule has 0 spiro atoms. The molecule has 1 heterocycles. The number of Topliss-reactive ketones (excluding diaryl/α,β-unsaturated/α-hetero) is 1. The summed E-state index contributed by atoms with van der Waals surface area (Å²) in [5.74, 6) is 1.33. The van der Waals surface area contributed by atoms with E-state index in [0.29, 0.717) is 24.3 Å². The molecule has 0 radical (unpaired) electrons. The van der Waals surface area contributed by atoms with E-state index in [9.17, 15) is 4.79 Å². The van der Waals surface area contributed by atoms with Gasteiger partial charge in [0, 0.05) is 12.0 Å². The third-order valence-corrected chi connectivity index (χ3v) is 3.70. The molecule has 1 rings (SSSR count). The van der Waals surface area contributed by atoms with E-state index < -0.39 is 0 Å². The van der Waals surface area contributed by atoms with Gasteiger partial charge >= 0.3 is 0 Å². The van der Waals surface area contributed by atoms with E-state index in [1.54, 1.807) is 0 Å². The third kappa shape index (κ3) is 3.30. The normalized spacial score (nSPS) is 24.7.